The average Bonchev–Trinajstić information content (AvgIpc) is 2.94. The summed E-state index contributed by atoms with van der Waals surface area (Å²) in [7, 11) is 1.65. The lowest BCUT2D eigenvalue weighted by atomic mass is 10.2. The van der Waals surface area contributed by atoms with Gasteiger partial charge >= 0.3 is 0 Å². The second-order valence-electron chi connectivity index (χ2n) is 4.15. The van der Waals surface area contributed by atoms with E-state index in [0.717, 1.165) is 24.2 Å². The second kappa shape index (κ2) is 5.77. The van der Waals surface area contributed by atoms with Crippen molar-refractivity contribution < 1.29 is 9.26 Å². The van der Waals surface area contributed by atoms with Crippen LogP contribution < -0.4 is 0 Å². The zero-order valence-corrected chi connectivity index (χ0v) is 11.0. The molecule has 2 aromatic rings. The molecule has 0 amide bonds. The molecule has 0 fully saturated rings. The van der Waals surface area contributed by atoms with Crippen molar-refractivity contribution in [3.05, 3.63) is 17.7 Å². The van der Waals surface area contributed by atoms with Crippen LogP contribution in [0.3, 0.4) is 0 Å². The van der Waals surface area contributed by atoms with Crippen LogP contribution in [0.2, 0.25) is 0 Å². The van der Waals surface area contributed by atoms with Gasteiger partial charge in [0.2, 0.25) is 0 Å². The third-order valence-corrected chi connectivity index (χ3v) is 2.63. The molecule has 0 unspecified atom stereocenters. The van der Waals surface area contributed by atoms with Crippen molar-refractivity contribution in [2.45, 2.75) is 33.2 Å². The zero-order valence-electron chi connectivity index (χ0n) is 11.0. The highest BCUT2D eigenvalue weighted by atomic mass is 16.5. The van der Waals surface area contributed by atoms with Crippen molar-refractivity contribution in [3.63, 3.8) is 0 Å². The van der Waals surface area contributed by atoms with Gasteiger partial charge in [0.05, 0.1) is 17.9 Å². The van der Waals surface area contributed by atoms with Crippen LogP contribution in [0.15, 0.2) is 10.7 Å². The van der Waals surface area contributed by atoms with Crippen LogP contribution in [-0.2, 0) is 17.7 Å². The molecule has 6 heteroatoms. The Hall–Kier alpha value is -1.69. The van der Waals surface area contributed by atoms with E-state index in [4.69, 9.17) is 9.26 Å². The van der Waals surface area contributed by atoms with Crippen LogP contribution in [0.5, 0.6) is 0 Å². The SMILES string of the molecule is CCCn1cc(-c2nc(CCOC)no2)c(C)n1. The molecule has 0 bridgehead atoms. The van der Waals surface area contributed by atoms with Gasteiger partial charge in [0.25, 0.3) is 5.89 Å². The first kappa shape index (κ1) is 12.8. The molecule has 0 saturated carbocycles. The number of ether oxygens (including phenoxy) is 1. The van der Waals surface area contributed by atoms with Crippen LogP contribution in [0.25, 0.3) is 11.5 Å². The average molecular weight is 250 g/mol. The molecule has 0 spiro atoms. The van der Waals surface area contributed by atoms with E-state index in [1.807, 2.05) is 17.8 Å². The van der Waals surface area contributed by atoms with Gasteiger partial charge in [-0.1, -0.05) is 12.1 Å². The zero-order chi connectivity index (χ0) is 13.0. The second-order valence-corrected chi connectivity index (χ2v) is 4.15. The van der Waals surface area contributed by atoms with Gasteiger partial charge < -0.3 is 9.26 Å². The minimum atomic E-state index is 0.529. The van der Waals surface area contributed by atoms with Crippen molar-refractivity contribution in [1.82, 2.24) is 19.9 Å². The number of nitrogens with zero attached hydrogens (tertiary/aromatic N) is 4. The van der Waals surface area contributed by atoms with Gasteiger partial charge in [0.15, 0.2) is 5.82 Å². The van der Waals surface area contributed by atoms with E-state index in [9.17, 15) is 0 Å². The highest BCUT2D eigenvalue weighted by molar-refractivity contribution is 5.54. The largest absolute Gasteiger partial charge is 0.384 e. The van der Waals surface area contributed by atoms with Gasteiger partial charge in [-0.3, -0.25) is 4.68 Å². The van der Waals surface area contributed by atoms with Crippen LogP contribution in [0.4, 0.5) is 0 Å². The van der Waals surface area contributed by atoms with Gasteiger partial charge in [-0.25, -0.2) is 0 Å². The standard InChI is InChI=1S/C12H18N4O2/c1-4-6-16-8-10(9(2)14-16)12-13-11(15-18-12)5-7-17-3/h8H,4-7H2,1-3H3. The number of methoxy groups -OCH3 is 1. The summed E-state index contributed by atoms with van der Waals surface area (Å²) in [5.74, 6) is 1.19. The van der Waals surface area contributed by atoms with Gasteiger partial charge in [0, 0.05) is 26.3 Å². The van der Waals surface area contributed by atoms with E-state index in [1.165, 1.54) is 0 Å². The Morgan fingerprint density at radius 3 is 3.00 bits per heavy atom. The summed E-state index contributed by atoms with van der Waals surface area (Å²) in [6.07, 6.45) is 3.65. The minimum Gasteiger partial charge on any atom is -0.384 e. The molecule has 0 radical (unpaired) electrons. The van der Waals surface area contributed by atoms with Crippen molar-refractivity contribution in [2.24, 2.45) is 0 Å². The molecule has 0 aliphatic heterocycles. The first-order valence-electron chi connectivity index (χ1n) is 6.10. The lowest BCUT2D eigenvalue weighted by Gasteiger charge is -1.93. The molecule has 18 heavy (non-hydrogen) atoms. The Bertz CT molecular complexity index is 504. The summed E-state index contributed by atoms with van der Waals surface area (Å²) in [4.78, 5) is 4.34. The van der Waals surface area contributed by atoms with Crippen LogP contribution in [0.1, 0.15) is 24.9 Å². The van der Waals surface area contributed by atoms with E-state index in [2.05, 4.69) is 22.2 Å². The summed E-state index contributed by atoms with van der Waals surface area (Å²) in [6.45, 7) is 5.55. The fourth-order valence-corrected chi connectivity index (χ4v) is 1.73. The number of hydrogen-bond acceptors (Lipinski definition) is 5. The normalized spacial score (nSPS) is 11.1. The lowest BCUT2D eigenvalue weighted by molar-refractivity contribution is 0.199. The van der Waals surface area contributed by atoms with Gasteiger partial charge in [-0.15, -0.1) is 0 Å². The summed E-state index contributed by atoms with van der Waals surface area (Å²) in [5.41, 5.74) is 1.81. The molecular formula is C12H18N4O2. The van der Waals surface area contributed by atoms with E-state index >= 15 is 0 Å². The summed E-state index contributed by atoms with van der Waals surface area (Å²) in [5, 5.41) is 8.34. The highest BCUT2D eigenvalue weighted by Crippen LogP contribution is 2.20. The number of aromatic nitrogens is 4. The van der Waals surface area contributed by atoms with Crippen LogP contribution in [0, 0.1) is 6.92 Å². The lowest BCUT2D eigenvalue weighted by Crippen LogP contribution is -1.96. The third kappa shape index (κ3) is 2.76. The highest BCUT2D eigenvalue weighted by Gasteiger charge is 2.14. The molecule has 0 aromatic carbocycles. The molecular weight excluding hydrogens is 232 g/mol. The van der Waals surface area contributed by atoms with Crippen molar-refractivity contribution in [2.75, 3.05) is 13.7 Å². The quantitative estimate of drug-likeness (QED) is 0.782. The first-order valence-corrected chi connectivity index (χ1v) is 6.10. The number of aryl methyl sites for hydroxylation is 2. The molecule has 2 rings (SSSR count). The summed E-state index contributed by atoms with van der Waals surface area (Å²) >= 11 is 0. The van der Waals surface area contributed by atoms with Gasteiger partial charge in [-0.05, 0) is 13.3 Å². The molecule has 0 N–H and O–H groups in total. The molecule has 6 nitrogen and oxygen atoms in total. The van der Waals surface area contributed by atoms with E-state index in [-0.39, 0.29) is 0 Å². The molecule has 0 atom stereocenters. The van der Waals surface area contributed by atoms with Gasteiger partial charge in [0.1, 0.15) is 0 Å². The first-order chi connectivity index (χ1) is 8.74. The molecule has 98 valence electrons. The number of rotatable bonds is 6. The summed E-state index contributed by atoms with van der Waals surface area (Å²) in [6, 6.07) is 0. The summed E-state index contributed by atoms with van der Waals surface area (Å²) < 4.78 is 12.1. The van der Waals surface area contributed by atoms with E-state index < -0.39 is 0 Å². The Kier molecular flexibility index (Phi) is 4.09. The monoisotopic (exact) mass is 250 g/mol. The smallest absolute Gasteiger partial charge is 0.261 e. The Balaban J connectivity index is 2.17. The molecule has 2 aromatic heterocycles. The third-order valence-electron chi connectivity index (χ3n) is 2.63. The number of hydrogen-bond donors (Lipinski definition) is 0. The van der Waals surface area contributed by atoms with Crippen molar-refractivity contribution in [3.8, 4) is 11.5 Å². The fourth-order valence-electron chi connectivity index (χ4n) is 1.73. The van der Waals surface area contributed by atoms with Crippen molar-refractivity contribution >= 4 is 0 Å². The van der Waals surface area contributed by atoms with Gasteiger partial charge in [-0.2, -0.15) is 10.1 Å². The maximum Gasteiger partial charge on any atom is 0.261 e. The molecule has 2 heterocycles. The molecule has 0 aliphatic carbocycles. The Labute approximate surface area is 106 Å². The predicted octanol–water partition coefficient (Wildman–Crippen LogP) is 1.84. The van der Waals surface area contributed by atoms with Crippen LogP contribution in [-0.4, -0.2) is 33.6 Å². The molecule has 0 saturated heterocycles. The minimum absolute atomic E-state index is 0.529. The van der Waals surface area contributed by atoms with Crippen LogP contribution >= 0.6 is 0 Å². The van der Waals surface area contributed by atoms with E-state index in [1.54, 1.807) is 7.11 Å². The maximum absolute atomic E-state index is 5.25. The Morgan fingerprint density at radius 2 is 2.28 bits per heavy atom. The van der Waals surface area contributed by atoms with Crippen molar-refractivity contribution in [1.29, 1.82) is 0 Å². The molecule has 0 aliphatic rings. The predicted molar refractivity (Wildman–Crippen MR) is 66.1 cm³/mol. The fraction of sp³-hybridized carbons (Fsp3) is 0.583. The maximum atomic E-state index is 5.25. The topological polar surface area (TPSA) is 66.0 Å². The van der Waals surface area contributed by atoms with E-state index in [0.29, 0.717) is 24.7 Å². The Morgan fingerprint density at radius 1 is 1.44 bits per heavy atom.